The minimum atomic E-state index is 0.177. The number of amides is 1. The van der Waals surface area contributed by atoms with Crippen molar-refractivity contribution in [3.63, 3.8) is 0 Å². The van der Waals surface area contributed by atoms with Crippen molar-refractivity contribution in [1.82, 2.24) is 4.90 Å². The standard InChI is InChI=1S/C15H15BrN2OS2/c16-11-1-2-12(17)14(7-11)21-9-15(19)18-5-3-13-10(8-18)4-6-20-13/h1-2,4,6-7H,3,5,8-9,17H2. The van der Waals surface area contributed by atoms with Crippen molar-refractivity contribution in [2.45, 2.75) is 17.9 Å². The zero-order valence-corrected chi connectivity index (χ0v) is 14.6. The molecule has 2 aromatic rings. The molecular weight excluding hydrogens is 368 g/mol. The number of nitrogens with zero attached hydrogens (tertiary/aromatic N) is 1. The van der Waals surface area contributed by atoms with Gasteiger partial charge >= 0.3 is 0 Å². The smallest absolute Gasteiger partial charge is 0.233 e. The van der Waals surface area contributed by atoms with Crippen LogP contribution < -0.4 is 5.73 Å². The first-order valence-corrected chi connectivity index (χ1v) is 9.30. The molecule has 2 heterocycles. The summed E-state index contributed by atoms with van der Waals surface area (Å²) in [5, 5.41) is 2.11. The predicted molar refractivity (Wildman–Crippen MR) is 92.7 cm³/mol. The van der Waals surface area contributed by atoms with E-state index in [0.29, 0.717) is 5.75 Å². The van der Waals surface area contributed by atoms with Crippen molar-refractivity contribution in [2.24, 2.45) is 0 Å². The number of carbonyl (C=O) groups excluding carboxylic acids is 1. The van der Waals surface area contributed by atoms with Crippen LogP contribution in [0.2, 0.25) is 0 Å². The Morgan fingerprint density at radius 3 is 3.14 bits per heavy atom. The third-order valence-electron chi connectivity index (χ3n) is 3.49. The lowest BCUT2D eigenvalue weighted by Crippen LogP contribution is -2.36. The second-order valence-corrected chi connectivity index (χ2v) is 7.84. The van der Waals surface area contributed by atoms with Gasteiger partial charge in [0.05, 0.1) is 5.75 Å². The van der Waals surface area contributed by atoms with Crippen LogP contribution in [0.15, 0.2) is 39.0 Å². The van der Waals surface area contributed by atoms with E-state index in [1.165, 1.54) is 22.2 Å². The Hall–Kier alpha value is -0.980. The number of anilines is 1. The first-order valence-electron chi connectivity index (χ1n) is 6.64. The molecule has 2 N–H and O–H groups in total. The summed E-state index contributed by atoms with van der Waals surface area (Å²) >= 11 is 6.72. The van der Waals surface area contributed by atoms with Crippen LogP contribution >= 0.6 is 39.0 Å². The summed E-state index contributed by atoms with van der Waals surface area (Å²) in [6, 6.07) is 7.85. The highest BCUT2D eigenvalue weighted by Crippen LogP contribution is 2.29. The maximum atomic E-state index is 12.4. The number of nitrogens with two attached hydrogens (primary N) is 1. The molecule has 0 bridgehead atoms. The van der Waals surface area contributed by atoms with Crippen LogP contribution in [-0.2, 0) is 17.8 Å². The minimum Gasteiger partial charge on any atom is -0.398 e. The van der Waals surface area contributed by atoms with Crippen molar-refractivity contribution in [1.29, 1.82) is 0 Å². The molecule has 0 saturated carbocycles. The van der Waals surface area contributed by atoms with Gasteiger partial charge in [0.15, 0.2) is 0 Å². The van der Waals surface area contributed by atoms with E-state index in [1.54, 1.807) is 11.3 Å². The number of hydrogen-bond donors (Lipinski definition) is 1. The van der Waals surface area contributed by atoms with Crippen LogP contribution in [0.4, 0.5) is 5.69 Å². The fourth-order valence-electron chi connectivity index (χ4n) is 2.33. The van der Waals surface area contributed by atoms with Gasteiger partial charge in [-0.05, 0) is 41.6 Å². The van der Waals surface area contributed by atoms with E-state index in [2.05, 4.69) is 27.4 Å². The number of carbonyl (C=O) groups is 1. The number of nitrogen functional groups attached to an aromatic ring is 1. The third-order valence-corrected chi connectivity index (χ3v) is 6.06. The summed E-state index contributed by atoms with van der Waals surface area (Å²) < 4.78 is 0.979. The lowest BCUT2D eigenvalue weighted by Gasteiger charge is -2.27. The molecule has 1 aliphatic rings. The highest BCUT2D eigenvalue weighted by atomic mass is 79.9. The highest BCUT2D eigenvalue weighted by molar-refractivity contribution is 9.10. The van der Waals surface area contributed by atoms with Crippen LogP contribution in [-0.4, -0.2) is 23.1 Å². The summed E-state index contributed by atoms with van der Waals surface area (Å²) in [5.74, 6) is 0.608. The SMILES string of the molecule is Nc1ccc(Br)cc1SCC(=O)N1CCc2sccc2C1. The van der Waals surface area contributed by atoms with Crippen LogP contribution in [0.25, 0.3) is 0 Å². The van der Waals surface area contributed by atoms with Gasteiger partial charge in [-0.15, -0.1) is 23.1 Å². The maximum absolute atomic E-state index is 12.4. The molecule has 0 spiro atoms. The number of hydrogen-bond acceptors (Lipinski definition) is 4. The first-order chi connectivity index (χ1) is 10.1. The molecule has 0 aliphatic carbocycles. The fourth-order valence-corrected chi connectivity index (χ4v) is 4.63. The van der Waals surface area contributed by atoms with Crippen LogP contribution in [0.5, 0.6) is 0 Å². The number of benzene rings is 1. The van der Waals surface area contributed by atoms with Gasteiger partial charge in [-0.1, -0.05) is 15.9 Å². The summed E-state index contributed by atoms with van der Waals surface area (Å²) in [5.41, 5.74) is 7.95. The van der Waals surface area contributed by atoms with Crippen LogP contribution in [0.1, 0.15) is 10.4 Å². The van der Waals surface area contributed by atoms with E-state index >= 15 is 0 Å². The van der Waals surface area contributed by atoms with Gasteiger partial charge < -0.3 is 10.6 Å². The molecule has 0 radical (unpaired) electrons. The number of thioether (sulfide) groups is 1. The van der Waals surface area contributed by atoms with E-state index in [0.717, 1.165) is 34.6 Å². The zero-order chi connectivity index (χ0) is 14.8. The third kappa shape index (κ3) is 3.44. The normalized spacial score (nSPS) is 14.0. The van der Waals surface area contributed by atoms with E-state index in [-0.39, 0.29) is 5.91 Å². The quantitative estimate of drug-likeness (QED) is 0.648. The summed E-state index contributed by atoms with van der Waals surface area (Å²) in [6.07, 6.45) is 0.975. The highest BCUT2D eigenvalue weighted by Gasteiger charge is 2.21. The van der Waals surface area contributed by atoms with E-state index < -0.39 is 0 Å². The summed E-state index contributed by atoms with van der Waals surface area (Å²) in [7, 11) is 0. The maximum Gasteiger partial charge on any atom is 0.233 e. The fraction of sp³-hybridized carbons (Fsp3) is 0.267. The summed E-state index contributed by atoms with van der Waals surface area (Å²) in [4.78, 5) is 16.7. The Kier molecular flexibility index (Phi) is 4.57. The van der Waals surface area contributed by atoms with Crippen molar-refractivity contribution in [2.75, 3.05) is 18.0 Å². The van der Waals surface area contributed by atoms with Gasteiger partial charge in [-0.2, -0.15) is 0 Å². The molecule has 110 valence electrons. The lowest BCUT2D eigenvalue weighted by atomic mass is 10.1. The number of fused-ring (bicyclic) bond motifs is 1. The molecular formula is C15H15BrN2OS2. The molecule has 0 atom stereocenters. The van der Waals surface area contributed by atoms with Gasteiger partial charge in [-0.25, -0.2) is 0 Å². The van der Waals surface area contributed by atoms with Gasteiger partial charge in [0.2, 0.25) is 5.91 Å². The Labute approximate surface area is 140 Å². The van der Waals surface area contributed by atoms with Gasteiger partial charge in [0.1, 0.15) is 0 Å². The van der Waals surface area contributed by atoms with Gasteiger partial charge in [0.25, 0.3) is 0 Å². The number of thiophene rings is 1. The second-order valence-electron chi connectivity index (χ2n) is 4.91. The van der Waals surface area contributed by atoms with Gasteiger partial charge in [-0.3, -0.25) is 4.79 Å². The lowest BCUT2D eigenvalue weighted by molar-refractivity contribution is -0.129. The minimum absolute atomic E-state index is 0.177. The van der Waals surface area contributed by atoms with Crippen molar-refractivity contribution in [3.05, 3.63) is 44.6 Å². The first kappa shape index (κ1) is 14.9. The number of halogens is 1. The summed E-state index contributed by atoms with van der Waals surface area (Å²) in [6.45, 7) is 1.56. The molecule has 0 unspecified atom stereocenters. The molecule has 1 amide bonds. The molecule has 1 aromatic heterocycles. The molecule has 3 rings (SSSR count). The topological polar surface area (TPSA) is 46.3 Å². The van der Waals surface area contributed by atoms with E-state index in [1.807, 2.05) is 23.1 Å². The Morgan fingerprint density at radius 2 is 2.29 bits per heavy atom. The molecule has 6 heteroatoms. The second kappa shape index (κ2) is 6.42. The average molecular weight is 383 g/mol. The van der Waals surface area contributed by atoms with Gasteiger partial charge in [0, 0.05) is 33.0 Å². The molecule has 0 fully saturated rings. The average Bonchev–Trinajstić information content (AvgIpc) is 2.95. The molecule has 3 nitrogen and oxygen atoms in total. The Morgan fingerprint density at radius 1 is 1.43 bits per heavy atom. The van der Waals surface area contributed by atoms with Crippen molar-refractivity contribution in [3.8, 4) is 0 Å². The van der Waals surface area contributed by atoms with Crippen molar-refractivity contribution >= 4 is 50.6 Å². The predicted octanol–water partition coefficient (Wildman–Crippen LogP) is 3.77. The molecule has 21 heavy (non-hydrogen) atoms. The van der Waals surface area contributed by atoms with Crippen molar-refractivity contribution < 1.29 is 4.79 Å². The Balaban J connectivity index is 1.61. The molecule has 1 aromatic carbocycles. The Bertz CT molecular complexity index is 671. The number of rotatable bonds is 3. The zero-order valence-electron chi connectivity index (χ0n) is 11.3. The van der Waals surface area contributed by atoms with E-state index in [4.69, 9.17) is 5.73 Å². The van der Waals surface area contributed by atoms with Crippen LogP contribution in [0, 0.1) is 0 Å². The van der Waals surface area contributed by atoms with E-state index in [9.17, 15) is 4.79 Å². The monoisotopic (exact) mass is 382 g/mol. The largest absolute Gasteiger partial charge is 0.398 e. The molecule has 1 aliphatic heterocycles. The molecule has 0 saturated heterocycles. The van der Waals surface area contributed by atoms with Crippen LogP contribution in [0.3, 0.4) is 0 Å².